The third-order valence-electron chi connectivity index (χ3n) is 3.60. The molecule has 6 heteroatoms. The van der Waals surface area contributed by atoms with E-state index in [0.29, 0.717) is 32.6 Å². The molecule has 0 saturated carbocycles. The number of rotatable bonds is 3. The minimum Gasteiger partial charge on any atom is -0.366 e. The van der Waals surface area contributed by atoms with Crippen molar-refractivity contribution in [3.8, 4) is 0 Å². The van der Waals surface area contributed by atoms with E-state index in [9.17, 15) is 13.6 Å². The van der Waals surface area contributed by atoms with Crippen molar-refractivity contribution in [2.24, 2.45) is 5.73 Å². The molecule has 20 heavy (non-hydrogen) atoms. The van der Waals surface area contributed by atoms with Crippen LogP contribution in [0.25, 0.3) is 0 Å². The van der Waals surface area contributed by atoms with Crippen LogP contribution in [-0.2, 0) is 4.79 Å². The van der Waals surface area contributed by atoms with Crippen LogP contribution in [0, 0.1) is 11.6 Å². The summed E-state index contributed by atoms with van der Waals surface area (Å²) in [6.07, 6.45) is 0.595. The molecule has 1 aromatic carbocycles. The number of anilines is 1. The highest BCUT2D eigenvalue weighted by Crippen LogP contribution is 2.22. The molecule has 110 valence electrons. The maximum absolute atomic E-state index is 13.7. The molecule has 1 heterocycles. The third kappa shape index (κ3) is 3.07. The van der Waals surface area contributed by atoms with Gasteiger partial charge >= 0.3 is 0 Å². The Morgan fingerprint density at radius 2 is 1.95 bits per heavy atom. The largest absolute Gasteiger partial charge is 0.366 e. The number of piperazine rings is 1. The molecule has 0 aromatic heterocycles. The quantitative estimate of drug-likeness (QED) is 0.911. The topological polar surface area (TPSA) is 49.6 Å². The standard InChI is InChI=1S/C14H19F2N3O/c1-2-12(17)14(20)19-7-5-18(6-8-19)13-9-10(15)3-4-11(13)16/h3-4,9,12H,2,5-8,17H2,1H3/t12-/m0/s1. The van der Waals surface area contributed by atoms with Gasteiger partial charge in [0, 0.05) is 32.2 Å². The normalized spacial score (nSPS) is 17.2. The lowest BCUT2D eigenvalue weighted by molar-refractivity contribution is -0.132. The average molecular weight is 283 g/mol. The summed E-state index contributed by atoms with van der Waals surface area (Å²) in [7, 11) is 0. The van der Waals surface area contributed by atoms with Crippen LogP contribution >= 0.6 is 0 Å². The van der Waals surface area contributed by atoms with Gasteiger partial charge in [0.05, 0.1) is 11.7 Å². The molecule has 1 saturated heterocycles. The Morgan fingerprint density at radius 3 is 2.55 bits per heavy atom. The minimum atomic E-state index is -0.479. The van der Waals surface area contributed by atoms with Gasteiger partial charge in [-0.3, -0.25) is 4.79 Å². The summed E-state index contributed by atoms with van der Waals surface area (Å²) in [4.78, 5) is 15.4. The first-order valence-corrected chi connectivity index (χ1v) is 6.77. The predicted molar refractivity (Wildman–Crippen MR) is 73.4 cm³/mol. The van der Waals surface area contributed by atoms with E-state index in [-0.39, 0.29) is 11.6 Å². The highest BCUT2D eigenvalue weighted by Gasteiger charge is 2.25. The minimum absolute atomic E-state index is 0.0770. The fraction of sp³-hybridized carbons (Fsp3) is 0.500. The summed E-state index contributed by atoms with van der Waals surface area (Å²) in [5, 5.41) is 0. The van der Waals surface area contributed by atoms with Crippen LogP contribution < -0.4 is 10.6 Å². The summed E-state index contributed by atoms with van der Waals surface area (Å²) >= 11 is 0. The molecule has 2 N–H and O–H groups in total. The van der Waals surface area contributed by atoms with Crippen LogP contribution in [0.15, 0.2) is 18.2 Å². The molecule has 0 unspecified atom stereocenters. The van der Waals surface area contributed by atoms with Crippen LogP contribution in [0.4, 0.5) is 14.5 Å². The number of carbonyl (C=O) groups excluding carboxylic acids is 1. The zero-order valence-electron chi connectivity index (χ0n) is 11.5. The Bertz CT molecular complexity index is 487. The highest BCUT2D eigenvalue weighted by atomic mass is 19.1. The number of halogens is 2. The maximum Gasteiger partial charge on any atom is 0.239 e. The molecule has 1 fully saturated rings. The molecular formula is C14H19F2N3O. The zero-order chi connectivity index (χ0) is 14.7. The van der Waals surface area contributed by atoms with E-state index in [1.807, 2.05) is 6.92 Å². The number of amides is 1. The van der Waals surface area contributed by atoms with Crippen LogP contribution in [0.3, 0.4) is 0 Å². The SMILES string of the molecule is CC[C@H](N)C(=O)N1CCN(c2cc(F)ccc2F)CC1. The molecular weight excluding hydrogens is 264 g/mol. The second-order valence-corrected chi connectivity index (χ2v) is 4.92. The van der Waals surface area contributed by atoms with Gasteiger partial charge in [0.2, 0.25) is 5.91 Å². The second kappa shape index (κ2) is 6.17. The molecule has 1 aliphatic heterocycles. The monoisotopic (exact) mass is 283 g/mol. The van der Waals surface area contributed by atoms with Crippen LogP contribution in [-0.4, -0.2) is 43.0 Å². The first-order valence-electron chi connectivity index (χ1n) is 6.77. The second-order valence-electron chi connectivity index (χ2n) is 4.92. The van der Waals surface area contributed by atoms with Crippen molar-refractivity contribution in [3.63, 3.8) is 0 Å². The Morgan fingerprint density at radius 1 is 1.30 bits per heavy atom. The van der Waals surface area contributed by atoms with Gasteiger partial charge in [-0.15, -0.1) is 0 Å². The molecule has 1 atom stereocenters. The molecule has 1 aliphatic rings. The van der Waals surface area contributed by atoms with E-state index in [4.69, 9.17) is 5.73 Å². The Labute approximate surface area is 117 Å². The highest BCUT2D eigenvalue weighted by molar-refractivity contribution is 5.81. The van der Waals surface area contributed by atoms with Gasteiger partial charge in [-0.2, -0.15) is 0 Å². The van der Waals surface area contributed by atoms with Crippen LogP contribution in [0.5, 0.6) is 0 Å². The number of hydrogen-bond acceptors (Lipinski definition) is 3. The number of nitrogens with two attached hydrogens (primary N) is 1. The average Bonchev–Trinajstić information content (AvgIpc) is 2.48. The van der Waals surface area contributed by atoms with E-state index < -0.39 is 17.7 Å². The van der Waals surface area contributed by atoms with Crippen molar-refractivity contribution in [1.29, 1.82) is 0 Å². The zero-order valence-corrected chi connectivity index (χ0v) is 11.5. The Balaban J connectivity index is 2.01. The van der Waals surface area contributed by atoms with E-state index in [1.165, 1.54) is 6.07 Å². The summed E-state index contributed by atoms with van der Waals surface area (Å²) < 4.78 is 26.9. The molecule has 2 rings (SSSR count). The lowest BCUT2D eigenvalue weighted by Gasteiger charge is -2.37. The van der Waals surface area contributed by atoms with Gasteiger partial charge in [0.25, 0.3) is 0 Å². The fourth-order valence-electron chi connectivity index (χ4n) is 2.31. The van der Waals surface area contributed by atoms with Crippen LogP contribution in [0.1, 0.15) is 13.3 Å². The van der Waals surface area contributed by atoms with Crippen molar-refractivity contribution in [2.75, 3.05) is 31.1 Å². The van der Waals surface area contributed by atoms with Gasteiger partial charge in [-0.1, -0.05) is 6.92 Å². The first-order chi connectivity index (χ1) is 9.52. The first kappa shape index (κ1) is 14.7. The molecule has 0 aliphatic carbocycles. The fourth-order valence-corrected chi connectivity index (χ4v) is 2.31. The van der Waals surface area contributed by atoms with Crippen molar-refractivity contribution in [1.82, 2.24) is 4.90 Å². The van der Waals surface area contributed by atoms with E-state index in [1.54, 1.807) is 9.80 Å². The molecule has 0 spiro atoms. The van der Waals surface area contributed by atoms with E-state index in [0.717, 1.165) is 12.1 Å². The van der Waals surface area contributed by atoms with Crippen molar-refractivity contribution < 1.29 is 13.6 Å². The molecule has 1 amide bonds. The third-order valence-corrected chi connectivity index (χ3v) is 3.60. The molecule has 1 aromatic rings. The number of hydrogen-bond donors (Lipinski definition) is 1. The smallest absolute Gasteiger partial charge is 0.239 e. The van der Waals surface area contributed by atoms with Gasteiger partial charge < -0.3 is 15.5 Å². The Kier molecular flexibility index (Phi) is 4.54. The molecule has 0 radical (unpaired) electrons. The maximum atomic E-state index is 13.7. The number of benzene rings is 1. The van der Waals surface area contributed by atoms with Gasteiger partial charge in [0.1, 0.15) is 11.6 Å². The van der Waals surface area contributed by atoms with Crippen LogP contribution in [0.2, 0.25) is 0 Å². The predicted octanol–water partition coefficient (Wildman–Crippen LogP) is 1.35. The van der Waals surface area contributed by atoms with E-state index >= 15 is 0 Å². The van der Waals surface area contributed by atoms with Crippen molar-refractivity contribution >= 4 is 11.6 Å². The summed E-state index contributed by atoms with van der Waals surface area (Å²) in [5.41, 5.74) is 5.97. The lowest BCUT2D eigenvalue weighted by atomic mass is 10.2. The number of carbonyl (C=O) groups is 1. The molecule has 0 bridgehead atoms. The lowest BCUT2D eigenvalue weighted by Crippen LogP contribution is -2.53. The molecule has 4 nitrogen and oxygen atoms in total. The Hall–Kier alpha value is -1.69. The van der Waals surface area contributed by atoms with Gasteiger partial charge in [-0.25, -0.2) is 8.78 Å². The van der Waals surface area contributed by atoms with Crippen molar-refractivity contribution in [3.05, 3.63) is 29.8 Å². The van der Waals surface area contributed by atoms with Crippen molar-refractivity contribution in [2.45, 2.75) is 19.4 Å². The summed E-state index contributed by atoms with van der Waals surface area (Å²) in [6, 6.07) is 2.92. The number of nitrogens with zero attached hydrogens (tertiary/aromatic N) is 2. The summed E-state index contributed by atoms with van der Waals surface area (Å²) in [5.74, 6) is -0.990. The summed E-state index contributed by atoms with van der Waals surface area (Å²) in [6.45, 7) is 3.76. The van der Waals surface area contributed by atoms with Gasteiger partial charge in [-0.05, 0) is 18.6 Å². The van der Waals surface area contributed by atoms with Gasteiger partial charge in [0.15, 0.2) is 0 Å². The van der Waals surface area contributed by atoms with E-state index in [2.05, 4.69) is 0 Å².